The van der Waals surface area contributed by atoms with Gasteiger partial charge < -0.3 is 9.64 Å². The summed E-state index contributed by atoms with van der Waals surface area (Å²) in [6.07, 6.45) is 0.204. The van der Waals surface area contributed by atoms with E-state index in [1.165, 1.54) is 23.8 Å². The maximum Gasteiger partial charge on any atom is 0.307 e. The summed E-state index contributed by atoms with van der Waals surface area (Å²) in [4.78, 5) is 25.2. The molecule has 0 saturated heterocycles. The molecule has 19 heavy (non-hydrogen) atoms. The Morgan fingerprint density at radius 3 is 2.68 bits per heavy atom. The number of methoxy groups -OCH3 is 1. The highest BCUT2D eigenvalue weighted by atomic mass is 35.5. The van der Waals surface area contributed by atoms with Crippen molar-refractivity contribution in [3.05, 3.63) is 29.3 Å². The van der Waals surface area contributed by atoms with Gasteiger partial charge in [0.15, 0.2) is 0 Å². The van der Waals surface area contributed by atoms with Gasteiger partial charge in [-0.25, -0.2) is 0 Å². The summed E-state index contributed by atoms with van der Waals surface area (Å²) in [5.41, 5.74) is 0. The number of amides is 1. The summed E-state index contributed by atoms with van der Waals surface area (Å²) in [6.45, 7) is 0.356. The normalized spacial score (nSPS) is 10.1. The van der Waals surface area contributed by atoms with Crippen LogP contribution < -0.4 is 0 Å². The maximum absolute atomic E-state index is 11.8. The predicted octanol–water partition coefficient (Wildman–Crippen LogP) is 2.45. The highest BCUT2D eigenvalue weighted by molar-refractivity contribution is 8.00. The zero-order chi connectivity index (χ0) is 14.3. The molecule has 0 fully saturated rings. The molecule has 0 aliphatic heterocycles. The van der Waals surface area contributed by atoms with Crippen molar-refractivity contribution in [2.24, 2.45) is 0 Å². The van der Waals surface area contributed by atoms with Crippen LogP contribution in [0.3, 0.4) is 0 Å². The van der Waals surface area contributed by atoms with Gasteiger partial charge in [-0.05, 0) is 12.1 Å². The maximum atomic E-state index is 11.8. The Balaban J connectivity index is 2.38. The third kappa shape index (κ3) is 5.53. The van der Waals surface area contributed by atoms with Crippen molar-refractivity contribution in [1.29, 1.82) is 0 Å². The van der Waals surface area contributed by atoms with Crippen LogP contribution in [0.1, 0.15) is 6.42 Å². The molecule has 6 heteroatoms. The number of carbonyl (C=O) groups excluding carboxylic acids is 2. The second kappa shape index (κ2) is 8.07. The molecule has 0 aliphatic carbocycles. The van der Waals surface area contributed by atoms with E-state index in [0.29, 0.717) is 17.3 Å². The van der Waals surface area contributed by atoms with Gasteiger partial charge in [0, 0.05) is 18.5 Å². The number of rotatable bonds is 6. The van der Waals surface area contributed by atoms with Gasteiger partial charge in [0.2, 0.25) is 5.91 Å². The van der Waals surface area contributed by atoms with E-state index in [0.717, 1.165) is 4.90 Å². The quantitative estimate of drug-likeness (QED) is 0.598. The molecule has 1 aromatic carbocycles. The lowest BCUT2D eigenvalue weighted by Gasteiger charge is -2.16. The first-order valence-electron chi connectivity index (χ1n) is 5.72. The number of thioether (sulfide) groups is 1. The molecular formula is C13H16ClNO3S. The van der Waals surface area contributed by atoms with Crippen molar-refractivity contribution in [2.75, 3.05) is 26.5 Å². The van der Waals surface area contributed by atoms with Crippen LogP contribution in [-0.4, -0.2) is 43.2 Å². The summed E-state index contributed by atoms with van der Waals surface area (Å²) in [6, 6.07) is 7.38. The van der Waals surface area contributed by atoms with Crippen molar-refractivity contribution >= 4 is 35.2 Å². The Labute approximate surface area is 122 Å². The molecule has 0 spiro atoms. The van der Waals surface area contributed by atoms with Gasteiger partial charge in [-0.15, -0.1) is 11.8 Å². The summed E-state index contributed by atoms with van der Waals surface area (Å²) in [5, 5.41) is 0.637. The topological polar surface area (TPSA) is 46.6 Å². The predicted molar refractivity (Wildman–Crippen MR) is 76.4 cm³/mol. The Kier molecular flexibility index (Phi) is 6.73. The number of hydrogen-bond acceptors (Lipinski definition) is 4. The van der Waals surface area contributed by atoms with Crippen LogP contribution in [0.25, 0.3) is 0 Å². The van der Waals surface area contributed by atoms with Gasteiger partial charge in [0.25, 0.3) is 0 Å². The zero-order valence-electron chi connectivity index (χ0n) is 10.9. The van der Waals surface area contributed by atoms with Crippen molar-refractivity contribution in [2.45, 2.75) is 11.3 Å². The van der Waals surface area contributed by atoms with E-state index < -0.39 is 0 Å². The average Bonchev–Trinajstić information content (AvgIpc) is 2.43. The van der Waals surface area contributed by atoms with Crippen LogP contribution >= 0.6 is 23.4 Å². The van der Waals surface area contributed by atoms with E-state index in [9.17, 15) is 9.59 Å². The van der Waals surface area contributed by atoms with Crippen molar-refractivity contribution in [1.82, 2.24) is 4.90 Å². The molecular weight excluding hydrogens is 286 g/mol. The lowest BCUT2D eigenvalue weighted by atomic mass is 10.4. The Bertz CT molecular complexity index is 453. The monoisotopic (exact) mass is 301 g/mol. The molecule has 1 amide bonds. The van der Waals surface area contributed by atoms with Gasteiger partial charge in [0.1, 0.15) is 0 Å². The molecule has 104 valence electrons. The average molecular weight is 302 g/mol. The second-order valence-corrected chi connectivity index (χ2v) is 5.28. The van der Waals surface area contributed by atoms with Crippen LogP contribution in [0.4, 0.5) is 0 Å². The molecule has 0 saturated carbocycles. The fourth-order valence-electron chi connectivity index (χ4n) is 1.30. The number of nitrogens with zero attached hydrogens (tertiary/aromatic N) is 1. The van der Waals surface area contributed by atoms with E-state index in [4.69, 9.17) is 11.6 Å². The van der Waals surface area contributed by atoms with Crippen molar-refractivity contribution < 1.29 is 14.3 Å². The van der Waals surface area contributed by atoms with E-state index in [1.807, 2.05) is 18.2 Å². The van der Waals surface area contributed by atoms with Crippen LogP contribution in [-0.2, 0) is 14.3 Å². The first-order chi connectivity index (χ1) is 9.04. The number of halogens is 1. The smallest absolute Gasteiger partial charge is 0.307 e. The summed E-state index contributed by atoms with van der Waals surface area (Å²) >= 11 is 7.39. The van der Waals surface area contributed by atoms with E-state index in [-0.39, 0.29) is 18.3 Å². The number of benzene rings is 1. The molecule has 1 rings (SSSR count). The molecule has 0 unspecified atom stereocenters. The van der Waals surface area contributed by atoms with Gasteiger partial charge in [-0.1, -0.05) is 23.7 Å². The summed E-state index contributed by atoms with van der Waals surface area (Å²) < 4.78 is 4.53. The molecule has 0 radical (unpaired) electrons. The first kappa shape index (κ1) is 15.9. The first-order valence-corrected chi connectivity index (χ1v) is 7.09. The number of hydrogen-bond donors (Lipinski definition) is 0. The molecule has 0 atom stereocenters. The van der Waals surface area contributed by atoms with Crippen molar-refractivity contribution in [3.63, 3.8) is 0 Å². The number of carbonyl (C=O) groups is 2. The van der Waals surface area contributed by atoms with E-state index >= 15 is 0 Å². The fraction of sp³-hybridized carbons (Fsp3) is 0.385. The van der Waals surface area contributed by atoms with E-state index in [2.05, 4.69) is 4.74 Å². The standard InChI is InChI=1S/C13H16ClNO3S/c1-15(8-7-13(17)18-2)12(16)9-19-11-6-4-3-5-10(11)14/h3-6H,7-9H2,1-2H3. The van der Waals surface area contributed by atoms with Gasteiger partial charge in [0.05, 0.1) is 24.3 Å². The highest BCUT2D eigenvalue weighted by Gasteiger charge is 2.12. The largest absolute Gasteiger partial charge is 0.469 e. The number of ether oxygens (including phenoxy) is 1. The molecule has 0 heterocycles. The van der Waals surface area contributed by atoms with Crippen LogP contribution in [0.15, 0.2) is 29.2 Å². The third-order valence-electron chi connectivity index (χ3n) is 2.49. The SMILES string of the molecule is COC(=O)CCN(C)C(=O)CSc1ccccc1Cl. The molecule has 0 aromatic heterocycles. The Morgan fingerprint density at radius 2 is 2.05 bits per heavy atom. The van der Waals surface area contributed by atoms with Crippen molar-refractivity contribution in [3.8, 4) is 0 Å². The van der Waals surface area contributed by atoms with Crippen LogP contribution in [0, 0.1) is 0 Å². The molecule has 0 N–H and O–H groups in total. The molecule has 0 bridgehead atoms. The third-order valence-corrected chi connectivity index (χ3v) is 3.99. The molecule has 0 aliphatic rings. The minimum atomic E-state index is -0.321. The molecule has 1 aromatic rings. The Hall–Kier alpha value is -1.20. The molecule has 4 nitrogen and oxygen atoms in total. The summed E-state index contributed by atoms with van der Waals surface area (Å²) in [7, 11) is 3.00. The van der Waals surface area contributed by atoms with Crippen LogP contribution in [0.5, 0.6) is 0 Å². The van der Waals surface area contributed by atoms with Crippen LogP contribution in [0.2, 0.25) is 5.02 Å². The zero-order valence-corrected chi connectivity index (χ0v) is 12.5. The lowest BCUT2D eigenvalue weighted by molar-refractivity contribution is -0.141. The number of esters is 1. The Morgan fingerprint density at radius 1 is 1.37 bits per heavy atom. The minimum Gasteiger partial charge on any atom is -0.469 e. The second-order valence-electron chi connectivity index (χ2n) is 3.86. The van der Waals surface area contributed by atoms with Gasteiger partial charge in [-0.3, -0.25) is 9.59 Å². The van der Waals surface area contributed by atoms with Gasteiger partial charge in [-0.2, -0.15) is 0 Å². The summed E-state index contributed by atoms with van der Waals surface area (Å²) in [5.74, 6) is -0.0752. The lowest BCUT2D eigenvalue weighted by Crippen LogP contribution is -2.30. The fourth-order valence-corrected chi connectivity index (χ4v) is 2.48. The minimum absolute atomic E-state index is 0.0474. The highest BCUT2D eigenvalue weighted by Crippen LogP contribution is 2.26. The van der Waals surface area contributed by atoms with E-state index in [1.54, 1.807) is 13.1 Å². The van der Waals surface area contributed by atoms with Gasteiger partial charge >= 0.3 is 5.97 Å².